The molecule has 0 unspecified atom stereocenters. The molecule has 2 aromatic carbocycles. The van der Waals surface area contributed by atoms with Crippen LogP contribution in [0.25, 0.3) is 0 Å². The van der Waals surface area contributed by atoms with Crippen molar-refractivity contribution >= 4 is 17.1 Å². The number of Topliss-reactive ketones (excluding diaryl/α,β-unsaturated/α-hetero) is 1. The fourth-order valence-corrected chi connectivity index (χ4v) is 2.88. The quantitative estimate of drug-likeness (QED) is 0.511. The highest BCUT2D eigenvalue weighted by molar-refractivity contribution is 7.14. The fraction of sp³-hybridized carbons (Fsp3) is 0.0500. The Morgan fingerprint density at radius 1 is 0.818 bits per heavy atom. The molecule has 106 valence electrons. The van der Waals surface area contributed by atoms with Crippen LogP contribution in [0.3, 0.4) is 0 Å². The highest BCUT2D eigenvalue weighted by Crippen LogP contribution is 2.18. The number of carbonyl (C=O) groups is 1. The predicted molar refractivity (Wildman–Crippen MR) is 91.2 cm³/mol. The number of rotatable bonds is 3. The van der Waals surface area contributed by atoms with E-state index in [9.17, 15) is 4.79 Å². The second-order valence-electron chi connectivity index (χ2n) is 4.87. The predicted octanol–water partition coefficient (Wildman–Crippen LogP) is 4.57. The Kier molecular flexibility index (Phi) is 4.48. The third-order valence-electron chi connectivity index (χ3n) is 3.19. The van der Waals surface area contributed by atoms with E-state index in [-0.39, 0.29) is 5.78 Å². The van der Waals surface area contributed by atoms with Crippen molar-refractivity contribution in [3.8, 4) is 11.8 Å². The molecule has 22 heavy (non-hydrogen) atoms. The summed E-state index contributed by atoms with van der Waals surface area (Å²) in [6.07, 6.45) is 0.437. The maximum Gasteiger partial charge on any atom is 0.177 e. The van der Waals surface area contributed by atoms with E-state index in [1.165, 1.54) is 11.3 Å². The Balaban J connectivity index is 1.71. The zero-order chi connectivity index (χ0) is 15.2. The van der Waals surface area contributed by atoms with Crippen LogP contribution in [0.2, 0.25) is 0 Å². The van der Waals surface area contributed by atoms with Gasteiger partial charge < -0.3 is 0 Å². The van der Waals surface area contributed by atoms with Crippen molar-refractivity contribution in [2.24, 2.45) is 0 Å². The highest BCUT2D eigenvalue weighted by atomic mass is 32.1. The molecule has 1 aromatic heterocycles. The van der Waals surface area contributed by atoms with E-state index in [4.69, 9.17) is 0 Å². The van der Waals surface area contributed by atoms with Gasteiger partial charge in [0.1, 0.15) is 0 Å². The van der Waals surface area contributed by atoms with Crippen LogP contribution in [0.5, 0.6) is 0 Å². The van der Waals surface area contributed by atoms with Gasteiger partial charge in [0.2, 0.25) is 0 Å². The summed E-state index contributed by atoms with van der Waals surface area (Å²) in [5, 5.41) is 0. The lowest BCUT2D eigenvalue weighted by atomic mass is 10.1. The van der Waals surface area contributed by atoms with Crippen molar-refractivity contribution in [3.63, 3.8) is 0 Å². The van der Waals surface area contributed by atoms with Crippen molar-refractivity contribution in [1.29, 1.82) is 0 Å². The Labute approximate surface area is 134 Å². The van der Waals surface area contributed by atoms with Gasteiger partial charge in [-0.2, -0.15) is 0 Å². The number of hydrogen-bond donors (Lipinski definition) is 0. The Bertz CT molecular complexity index is 820. The standard InChI is InChI=1S/C20H14OS/c21-19(15-17-9-5-2-6-10-17)20-14-13-18(22-20)12-11-16-7-3-1-4-8-16/h1-10,13-14H,15H2. The van der Waals surface area contributed by atoms with Crippen LogP contribution in [-0.2, 0) is 6.42 Å². The third-order valence-corrected chi connectivity index (χ3v) is 4.23. The van der Waals surface area contributed by atoms with Gasteiger partial charge >= 0.3 is 0 Å². The molecule has 0 aliphatic carbocycles. The Morgan fingerprint density at radius 3 is 2.23 bits per heavy atom. The molecule has 0 radical (unpaired) electrons. The maximum absolute atomic E-state index is 12.3. The van der Waals surface area contributed by atoms with E-state index < -0.39 is 0 Å². The molecule has 0 aliphatic heterocycles. The van der Waals surface area contributed by atoms with Crippen LogP contribution in [0.1, 0.15) is 25.7 Å². The summed E-state index contributed by atoms with van der Waals surface area (Å²) in [4.78, 5) is 13.9. The lowest BCUT2D eigenvalue weighted by Gasteiger charge is -1.97. The molecule has 0 aliphatic rings. The van der Waals surface area contributed by atoms with Crippen LogP contribution in [0, 0.1) is 11.8 Å². The van der Waals surface area contributed by atoms with Crippen LogP contribution in [0.15, 0.2) is 72.8 Å². The van der Waals surface area contributed by atoms with Crippen molar-refractivity contribution in [2.75, 3.05) is 0 Å². The minimum absolute atomic E-state index is 0.143. The average Bonchev–Trinajstić information content (AvgIpc) is 3.04. The number of benzene rings is 2. The summed E-state index contributed by atoms with van der Waals surface area (Å²) >= 11 is 1.46. The molecule has 0 amide bonds. The molecule has 0 atom stereocenters. The van der Waals surface area contributed by atoms with Crippen LogP contribution in [-0.4, -0.2) is 5.78 Å². The first kappa shape index (κ1) is 14.3. The summed E-state index contributed by atoms with van der Waals surface area (Å²) < 4.78 is 0. The molecule has 0 saturated heterocycles. The molecule has 3 aromatic rings. The zero-order valence-corrected chi connectivity index (χ0v) is 12.8. The zero-order valence-electron chi connectivity index (χ0n) is 12.0. The van der Waals surface area contributed by atoms with Crippen molar-refractivity contribution in [2.45, 2.75) is 6.42 Å². The van der Waals surface area contributed by atoms with Gasteiger partial charge in [-0.05, 0) is 29.8 Å². The molecule has 0 spiro atoms. The number of ketones is 1. The molecule has 1 heterocycles. The Morgan fingerprint density at radius 2 is 1.50 bits per heavy atom. The number of thiophene rings is 1. The number of carbonyl (C=O) groups excluding carboxylic acids is 1. The second kappa shape index (κ2) is 6.89. The Hall–Kier alpha value is -2.63. The first-order valence-corrected chi connectivity index (χ1v) is 7.87. The van der Waals surface area contributed by atoms with Gasteiger partial charge in [0.15, 0.2) is 5.78 Å². The minimum atomic E-state index is 0.143. The van der Waals surface area contributed by atoms with E-state index in [1.807, 2.05) is 72.8 Å². The summed E-state index contributed by atoms with van der Waals surface area (Å²) in [5.41, 5.74) is 2.02. The monoisotopic (exact) mass is 302 g/mol. The van der Waals surface area contributed by atoms with Crippen LogP contribution in [0.4, 0.5) is 0 Å². The molecule has 1 nitrogen and oxygen atoms in total. The van der Waals surface area contributed by atoms with E-state index >= 15 is 0 Å². The van der Waals surface area contributed by atoms with E-state index in [0.29, 0.717) is 6.42 Å². The largest absolute Gasteiger partial charge is 0.293 e. The SMILES string of the molecule is O=C(Cc1ccccc1)c1ccc(C#Cc2ccccc2)s1. The molecule has 0 fully saturated rings. The average molecular weight is 302 g/mol. The smallest absolute Gasteiger partial charge is 0.177 e. The normalized spacial score (nSPS) is 9.82. The van der Waals surface area contributed by atoms with E-state index in [2.05, 4.69) is 11.8 Å². The molecular weight excluding hydrogens is 288 g/mol. The van der Waals surface area contributed by atoms with Crippen molar-refractivity contribution < 1.29 is 4.79 Å². The van der Waals surface area contributed by atoms with Crippen LogP contribution < -0.4 is 0 Å². The maximum atomic E-state index is 12.3. The second-order valence-corrected chi connectivity index (χ2v) is 5.95. The van der Waals surface area contributed by atoms with E-state index in [0.717, 1.165) is 20.9 Å². The fourth-order valence-electron chi connectivity index (χ4n) is 2.08. The highest BCUT2D eigenvalue weighted by Gasteiger charge is 2.09. The minimum Gasteiger partial charge on any atom is -0.293 e. The summed E-state index contributed by atoms with van der Waals surface area (Å²) in [6, 6.07) is 23.4. The van der Waals surface area contributed by atoms with Gasteiger partial charge in [0.05, 0.1) is 9.75 Å². The lowest BCUT2D eigenvalue weighted by Crippen LogP contribution is -2.00. The summed E-state index contributed by atoms with van der Waals surface area (Å²) in [6.45, 7) is 0. The summed E-state index contributed by atoms with van der Waals surface area (Å²) in [5.74, 6) is 6.37. The van der Waals surface area contributed by atoms with Gasteiger partial charge in [-0.25, -0.2) is 0 Å². The van der Waals surface area contributed by atoms with Crippen molar-refractivity contribution in [3.05, 3.63) is 93.7 Å². The molecule has 0 bridgehead atoms. The first-order chi connectivity index (χ1) is 10.8. The van der Waals surface area contributed by atoms with Crippen LogP contribution >= 0.6 is 11.3 Å². The summed E-state index contributed by atoms with van der Waals surface area (Å²) in [7, 11) is 0. The van der Waals surface area contributed by atoms with E-state index in [1.54, 1.807) is 0 Å². The lowest BCUT2D eigenvalue weighted by molar-refractivity contribution is 0.0997. The molecule has 2 heteroatoms. The molecular formula is C20H14OS. The van der Waals surface area contributed by atoms with Gasteiger partial charge in [-0.3, -0.25) is 4.79 Å². The van der Waals surface area contributed by atoms with Gasteiger partial charge in [-0.1, -0.05) is 60.4 Å². The topological polar surface area (TPSA) is 17.1 Å². The van der Waals surface area contributed by atoms with Gasteiger partial charge in [0.25, 0.3) is 0 Å². The molecule has 3 rings (SSSR count). The third kappa shape index (κ3) is 3.72. The first-order valence-electron chi connectivity index (χ1n) is 7.05. The van der Waals surface area contributed by atoms with Gasteiger partial charge in [-0.15, -0.1) is 11.3 Å². The number of hydrogen-bond acceptors (Lipinski definition) is 2. The molecule has 0 N–H and O–H groups in total. The molecule has 0 saturated carbocycles. The van der Waals surface area contributed by atoms with Crippen molar-refractivity contribution in [1.82, 2.24) is 0 Å². The van der Waals surface area contributed by atoms with Gasteiger partial charge in [0, 0.05) is 12.0 Å².